The zero-order valence-electron chi connectivity index (χ0n) is 13.9. The van der Waals surface area contributed by atoms with Crippen LogP contribution in [0.3, 0.4) is 0 Å². The standard InChI is InChI=1S/C19H31N/c1-18(2,3)16-11-9-15(10-12-16)14-20-17-8-6-7-13-19(17,4)5/h9-12,17,20H,6-8,13-14H2,1-5H3. The van der Waals surface area contributed by atoms with Crippen molar-refractivity contribution in [2.75, 3.05) is 0 Å². The first-order valence-corrected chi connectivity index (χ1v) is 8.12. The molecule has 0 radical (unpaired) electrons. The summed E-state index contributed by atoms with van der Waals surface area (Å²) in [7, 11) is 0. The molecule has 1 atom stereocenters. The van der Waals surface area contributed by atoms with E-state index in [1.165, 1.54) is 36.8 Å². The van der Waals surface area contributed by atoms with E-state index in [0.717, 1.165) is 6.54 Å². The van der Waals surface area contributed by atoms with Crippen molar-refractivity contribution in [2.24, 2.45) is 5.41 Å². The van der Waals surface area contributed by atoms with E-state index in [9.17, 15) is 0 Å². The largest absolute Gasteiger partial charge is 0.309 e. The number of hydrogen-bond donors (Lipinski definition) is 1. The summed E-state index contributed by atoms with van der Waals surface area (Å²) in [6, 6.07) is 9.79. The Morgan fingerprint density at radius 3 is 2.30 bits per heavy atom. The third kappa shape index (κ3) is 3.85. The lowest BCUT2D eigenvalue weighted by atomic mass is 9.73. The first kappa shape index (κ1) is 15.6. The summed E-state index contributed by atoms with van der Waals surface area (Å²) in [5.41, 5.74) is 3.51. The van der Waals surface area contributed by atoms with Crippen LogP contribution in [-0.2, 0) is 12.0 Å². The summed E-state index contributed by atoms with van der Waals surface area (Å²) in [4.78, 5) is 0. The second-order valence-corrected chi connectivity index (χ2v) is 8.11. The Morgan fingerprint density at radius 1 is 1.10 bits per heavy atom. The smallest absolute Gasteiger partial charge is 0.0208 e. The van der Waals surface area contributed by atoms with E-state index in [1.54, 1.807) is 0 Å². The first-order valence-electron chi connectivity index (χ1n) is 8.12. The summed E-state index contributed by atoms with van der Waals surface area (Å²) in [6.45, 7) is 12.6. The van der Waals surface area contributed by atoms with Crippen molar-refractivity contribution >= 4 is 0 Å². The Bertz CT molecular complexity index is 422. The molecule has 0 bridgehead atoms. The van der Waals surface area contributed by atoms with Crippen LogP contribution in [0.4, 0.5) is 0 Å². The van der Waals surface area contributed by atoms with Gasteiger partial charge in [0.15, 0.2) is 0 Å². The molecule has 1 aliphatic rings. The molecular formula is C19H31N. The van der Waals surface area contributed by atoms with Crippen LogP contribution >= 0.6 is 0 Å². The van der Waals surface area contributed by atoms with Crippen LogP contribution in [0.2, 0.25) is 0 Å². The maximum Gasteiger partial charge on any atom is 0.0208 e. The summed E-state index contributed by atoms with van der Waals surface area (Å²) >= 11 is 0. The second-order valence-electron chi connectivity index (χ2n) is 8.11. The minimum Gasteiger partial charge on any atom is -0.309 e. The summed E-state index contributed by atoms with van der Waals surface area (Å²) in [5, 5.41) is 3.79. The van der Waals surface area contributed by atoms with Crippen molar-refractivity contribution in [3.63, 3.8) is 0 Å². The highest BCUT2D eigenvalue weighted by molar-refractivity contribution is 5.27. The van der Waals surface area contributed by atoms with E-state index in [2.05, 4.69) is 64.2 Å². The fraction of sp³-hybridized carbons (Fsp3) is 0.684. The molecule has 1 heteroatoms. The lowest BCUT2D eigenvalue weighted by Crippen LogP contribution is -2.43. The van der Waals surface area contributed by atoms with Crippen molar-refractivity contribution in [2.45, 2.75) is 78.3 Å². The molecule has 0 aromatic heterocycles. The van der Waals surface area contributed by atoms with Gasteiger partial charge in [0, 0.05) is 12.6 Å². The van der Waals surface area contributed by atoms with Crippen LogP contribution in [0.1, 0.15) is 71.4 Å². The van der Waals surface area contributed by atoms with Crippen LogP contribution in [0.15, 0.2) is 24.3 Å². The molecule has 112 valence electrons. The third-order valence-corrected chi connectivity index (χ3v) is 4.88. The minimum absolute atomic E-state index is 0.247. The summed E-state index contributed by atoms with van der Waals surface area (Å²) in [5.74, 6) is 0. The zero-order valence-corrected chi connectivity index (χ0v) is 13.9. The quantitative estimate of drug-likeness (QED) is 0.813. The van der Waals surface area contributed by atoms with E-state index in [1.807, 2.05) is 0 Å². The van der Waals surface area contributed by atoms with E-state index < -0.39 is 0 Å². The van der Waals surface area contributed by atoms with E-state index >= 15 is 0 Å². The van der Waals surface area contributed by atoms with E-state index in [-0.39, 0.29) is 5.41 Å². The second kappa shape index (κ2) is 5.89. The third-order valence-electron chi connectivity index (χ3n) is 4.88. The molecule has 0 spiro atoms. The Balaban J connectivity index is 1.94. The van der Waals surface area contributed by atoms with Crippen molar-refractivity contribution in [1.82, 2.24) is 5.32 Å². The fourth-order valence-electron chi connectivity index (χ4n) is 3.24. The molecular weight excluding hydrogens is 242 g/mol. The molecule has 0 saturated heterocycles. The minimum atomic E-state index is 0.247. The molecule has 0 amide bonds. The van der Waals surface area contributed by atoms with Crippen LogP contribution in [0.25, 0.3) is 0 Å². The van der Waals surface area contributed by atoms with Gasteiger partial charge >= 0.3 is 0 Å². The van der Waals surface area contributed by atoms with Gasteiger partial charge in [-0.1, -0.05) is 71.7 Å². The summed E-state index contributed by atoms with van der Waals surface area (Å²) in [6.07, 6.45) is 5.45. The lowest BCUT2D eigenvalue weighted by Gasteiger charge is -2.39. The molecule has 1 N–H and O–H groups in total. The van der Waals surface area contributed by atoms with Crippen LogP contribution < -0.4 is 5.32 Å². The van der Waals surface area contributed by atoms with Gasteiger partial charge in [-0.25, -0.2) is 0 Å². The molecule has 2 rings (SSSR count). The Kier molecular flexibility index (Phi) is 4.59. The maximum absolute atomic E-state index is 3.79. The van der Waals surface area contributed by atoms with Gasteiger partial charge in [0.05, 0.1) is 0 Å². The molecule has 1 saturated carbocycles. The van der Waals surface area contributed by atoms with Crippen LogP contribution in [0, 0.1) is 5.41 Å². The lowest BCUT2D eigenvalue weighted by molar-refractivity contribution is 0.167. The van der Waals surface area contributed by atoms with Gasteiger partial charge < -0.3 is 5.32 Å². The molecule has 20 heavy (non-hydrogen) atoms. The van der Waals surface area contributed by atoms with Crippen LogP contribution in [-0.4, -0.2) is 6.04 Å². The van der Waals surface area contributed by atoms with Crippen LogP contribution in [0.5, 0.6) is 0 Å². The zero-order chi connectivity index (χ0) is 14.8. The molecule has 1 aromatic carbocycles. The Labute approximate surface area is 125 Å². The predicted molar refractivity (Wildman–Crippen MR) is 88.0 cm³/mol. The molecule has 1 aliphatic carbocycles. The van der Waals surface area contributed by atoms with E-state index in [0.29, 0.717) is 11.5 Å². The van der Waals surface area contributed by atoms with Crippen molar-refractivity contribution in [3.8, 4) is 0 Å². The molecule has 1 aromatic rings. The van der Waals surface area contributed by atoms with Gasteiger partial charge in [0.1, 0.15) is 0 Å². The van der Waals surface area contributed by atoms with Gasteiger partial charge in [0.25, 0.3) is 0 Å². The average Bonchev–Trinajstić information content (AvgIpc) is 2.36. The highest BCUT2D eigenvalue weighted by Gasteiger charge is 2.31. The predicted octanol–water partition coefficient (Wildman–Crippen LogP) is 5.04. The van der Waals surface area contributed by atoms with Crippen molar-refractivity contribution in [1.29, 1.82) is 0 Å². The number of benzene rings is 1. The van der Waals surface area contributed by atoms with Gasteiger partial charge in [0.2, 0.25) is 0 Å². The Morgan fingerprint density at radius 2 is 1.75 bits per heavy atom. The van der Waals surface area contributed by atoms with Gasteiger partial charge in [-0.05, 0) is 34.8 Å². The number of nitrogens with one attached hydrogen (secondary N) is 1. The van der Waals surface area contributed by atoms with Crippen molar-refractivity contribution in [3.05, 3.63) is 35.4 Å². The van der Waals surface area contributed by atoms with Gasteiger partial charge in [-0.2, -0.15) is 0 Å². The maximum atomic E-state index is 3.79. The normalized spacial score (nSPS) is 22.8. The molecule has 0 heterocycles. The van der Waals surface area contributed by atoms with Crippen molar-refractivity contribution < 1.29 is 0 Å². The SMILES string of the molecule is CC(C)(C)c1ccc(CNC2CCCCC2(C)C)cc1. The molecule has 1 unspecified atom stereocenters. The first-order chi connectivity index (χ1) is 9.29. The fourth-order valence-corrected chi connectivity index (χ4v) is 3.24. The highest BCUT2D eigenvalue weighted by atomic mass is 14.9. The molecule has 0 aliphatic heterocycles. The topological polar surface area (TPSA) is 12.0 Å². The Hall–Kier alpha value is -0.820. The van der Waals surface area contributed by atoms with Gasteiger partial charge in [-0.15, -0.1) is 0 Å². The average molecular weight is 273 g/mol. The summed E-state index contributed by atoms with van der Waals surface area (Å²) < 4.78 is 0. The highest BCUT2D eigenvalue weighted by Crippen LogP contribution is 2.35. The van der Waals surface area contributed by atoms with Gasteiger partial charge in [-0.3, -0.25) is 0 Å². The molecule has 1 fully saturated rings. The number of hydrogen-bond acceptors (Lipinski definition) is 1. The van der Waals surface area contributed by atoms with E-state index in [4.69, 9.17) is 0 Å². The molecule has 1 nitrogen and oxygen atoms in total. The monoisotopic (exact) mass is 273 g/mol. The number of rotatable bonds is 3.